The smallest absolute Gasteiger partial charge is 0.296 e. The molecule has 1 aliphatic rings. The summed E-state index contributed by atoms with van der Waals surface area (Å²) in [5.74, 6) is -0.977. The third-order valence-corrected chi connectivity index (χ3v) is 1.92. The van der Waals surface area contributed by atoms with Gasteiger partial charge in [-0.05, 0) is 36.4 Å². The molecule has 92 valence electrons. The molecule has 0 spiro atoms. The van der Waals surface area contributed by atoms with E-state index in [9.17, 15) is 14.4 Å². The third kappa shape index (κ3) is 4.54. The van der Waals surface area contributed by atoms with Crippen LogP contribution in [0.2, 0.25) is 0 Å². The van der Waals surface area contributed by atoms with Crippen LogP contribution in [-0.4, -0.2) is 22.8 Å². The van der Waals surface area contributed by atoms with Gasteiger partial charge in [0, 0.05) is 0 Å². The first-order valence-corrected chi connectivity index (χ1v) is 4.98. The van der Waals surface area contributed by atoms with Gasteiger partial charge in [-0.1, -0.05) is 18.2 Å². The Bertz CT molecular complexity index is 461. The number of carbonyl (C=O) groups excluding carboxylic acids is 3. The predicted molar refractivity (Wildman–Crippen MR) is 62.8 cm³/mol. The van der Waals surface area contributed by atoms with Gasteiger partial charge in [0.25, 0.3) is 0 Å². The average molecular weight is 246 g/mol. The minimum atomic E-state index is -0.736. The fourth-order valence-electron chi connectivity index (χ4n) is 1.07. The van der Waals surface area contributed by atoms with Crippen molar-refractivity contribution >= 4 is 17.5 Å². The van der Waals surface area contributed by atoms with Gasteiger partial charge in [-0.25, -0.2) is 4.79 Å². The quantitative estimate of drug-likeness (QED) is 0.462. The van der Waals surface area contributed by atoms with Crippen molar-refractivity contribution in [2.45, 2.75) is 0 Å². The lowest BCUT2D eigenvalue weighted by Crippen LogP contribution is -2.00. The summed E-state index contributed by atoms with van der Waals surface area (Å²) in [5, 5.41) is 7.94. The molecule has 1 aromatic carbocycles. The lowest BCUT2D eigenvalue weighted by Gasteiger charge is -1.92. The highest BCUT2D eigenvalue weighted by atomic mass is 17.1. The third-order valence-electron chi connectivity index (χ3n) is 1.92. The number of allylic oxidation sites excluding steroid dienone is 4. The molecule has 0 heterocycles. The summed E-state index contributed by atoms with van der Waals surface area (Å²) in [4.78, 5) is 34.6. The van der Waals surface area contributed by atoms with Gasteiger partial charge < -0.3 is 0 Å². The van der Waals surface area contributed by atoms with Gasteiger partial charge >= 0.3 is 5.97 Å². The van der Waals surface area contributed by atoms with Gasteiger partial charge in [0.2, 0.25) is 0 Å². The maximum absolute atomic E-state index is 10.5. The zero-order valence-corrected chi connectivity index (χ0v) is 9.28. The van der Waals surface area contributed by atoms with Crippen molar-refractivity contribution in [1.29, 1.82) is 0 Å². The molecule has 0 unspecified atom stereocenters. The number of hydrogen-bond donors (Lipinski definition) is 1. The first kappa shape index (κ1) is 13.5. The average Bonchev–Trinajstić information content (AvgIpc) is 2.43. The second kappa shape index (κ2) is 6.93. The van der Waals surface area contributed by atoms with E-state index in [0.29, 0.717) is 5.56 Å². The van der Waals surface area contributed by atoms with E-state index in [1.807, 2.05) is 0 Å². The van der Waals surface area contributed by atoms with E-state index in [0.717, 1.165) is 0 Å². The highest BCUT2D eigenvalue weighted by Crippen LogP contribution is 1.98. The van der Waals surface area contributed by atoms with Crippen LogP contribution < -0.4 is 0 Å². The Morgan fingerprint density at radius 2 is 1.33 bits per heavy atom. The van der Waals surface area contributed by atoms with E-state index < -0.39 is 5.97 Å². The molecule has 0 saturated heterocycles. The molecule has 0 amide bonds. The monoisotopic (exact) mass is 246 g/mol. The number of ketones is 2. The molecule has 18 heavy (non-hydrogen) atoms. The van der Waals surface area contributed by atoms with E-state index in [-0.39, 0.29) is 11.6 Å². The normalized spacial score (nSPS) is 12.7. The summed E-state index contributed by atoms with van der Waals surface area (Å²) >= 11 is 0. The lowest BCUT2D eigenvalue weighted by atomic mass is 10.2. The Hall–Kier alpha value is -2.53. The number of rotatable bonds is 1. The Morgan fingerprint density at radius 1 is 0.889 bits per heavy atom. The summed E-state index contributed by atoms with van der Waals surface area (Å²) in [5.41, 5.74) is 0.338. The van der Waals surface area contributed by atoms with Gasteiger partial charge in [0.05, 0.1) is 5.56 Å². The molecular formula is C13H10O5. The molecule has 1 N–H and O–H groups in total. The van der Waals surface area contributed by atoms with Crippen LogP contribution in [0.15, 0.2) is 54.6 Å². The van der Waals surface area contributed by atoms with Gasteiger partial charge in [0.15, 0.2) is 11.6 Å². The van der Waals surface area contributed by atoms with E-state index in [1.165, 1.54) is 24.3 Å². The molecule has 5 nitrogen and oxygen atoms in total. The molecule has 0 atom stereocenters. The van der Waals surface area contributed by atoms with Crippen LogP contribution in [-0.2, 0) is 14.5 Å². The van der Waals surface area contributed by atoms with Crippen LogP contribution in [0, 0.1) is 0 Å². The van der Waals surface area contributed by atoms with Crippen molar-refractivity contribution in [3.63, 3.8) is 0 Å². The van der Waals surface area contributed by atoms with Crippen molar-refractivity contribution in [3.05, 3.63) is 60.2 Å². The van der Waals surface area contributed by atoms with Crippen molar-refractivity contribution < 1.29 is 24.5 Å². The molecule has 0 aliphatic heterocycles. The Kier molecular flexibility index (Phi) is 5.21. The molecule has 0 saturated carbocycles. The first-order chi connectivity index (χ1) is 8.63. The minimum Gasteiger partial charge on any atom is -0.296 e. The highest BCUT2D eigenvalue weighted by Gasteiger charge is 2.02. The van der Waals surface area contributed by atoms with Crippen molar-refractivity contribution in [3.8, 4) is 0 Å². The minimum absolute atomic E-state index is 0.121. The highest BCUT2D eigenvalue weighted by molar-refractivity contribution is 6.14. The Morgan fingerprint density at radius 3 is 1.72 bits per heavy atom. The van der Waals surface area contributed by atoms with Crippen molar-refractivity contribution in [2.24, 2.45) is 0 Å². The topological polar surface area (TPSA) is 80.7 Å². The van der Waals surface area contributed by atoms with Gasteiger partial charge in [-0.15, -0.1) is 0 Å². The van der Waals surface area contributed by atoms with Crippen molar-refractivity contribution in [2.75, 3.05) is 0 Å². The molecule has 0 aromatic heterocycles. The summed E-state index contributed by atoms with van der Waals surface area (Å²) in [7, 11) is 0. The number of benzene rings is 1. The maximum Gasteiger partial charge on any atom is 0.372 e. The molecule has 1 aliphatic carbocycles. The molecule has 2 rings (SSSR count). The molecule has 1 aromatic rings. The summed E-state index contributed by atoms with van der Waals surface area (Å²) in [6.07, 6.45) is 5.01. The SMILES string of the molecule is O=C(OO)c1ccccc1.O=C1C=CC(=O)C=C1. The van der Waals surface area contributed by atoms with Gasteiger partial charge in [-0.2, -0.15) is 5.26 Å². The number of hydrogen-bond acceptors (Lipinski definition) is 5. The van der Waals surface area contributed by atoms with Crippen LogP contribution in [0.3, 0.4) is 0 Å². The largest absolute Gasteiger partial charge is 0.372 e. The fraction of sp³-hybridized carbons (Fsp3) is 0. The van der Waals surface area contributed by atoms with Gasteiger partial charge in [-0.3, -0.25) is 14.5 Å². The zero-order chi connectivity index (χ0) is 13.4. The van der Waals surface area contributed by atoms with E-state index in [2.05, 4.69) is 4.89 Å². The molecule has 0 bridgehead atoms. The van der Waals surface area contributed by atoms with Crippen molar-refractivity contribution in [1.82, 2.24) is 0 Å². The Balaban J connectivity index is 0.000000184. The van der Waals surface area contributed by atoms with Crippen LogP contribution in [0.4, 0.5) is 0 Å². The zero-order valence-electron chi connectivity index (χ0n) is 9.28. The van der Waals surface area contributed by atoms with E-state index >= 15 is 0 Å². The van der Waals surface area contributed by atoms with Gasteiger partial charge in [0.1, 0.15) is 0 Å². The van der Waals surface area contributed by atoms with Crippen LogP contribution in [0.25, 0.3) is 0 Å². The van der Waals surface area contributed by atoms with E-state index in [1.54, 1.807) is 30.3 Å². The predicted octanol–water partition coefficient (Wildman–Crippen LogP) is 1.57. The summed E-state index contributed by atoms with van der Waals surface area (Å²) < 4.78 is 0. The lowest BCUT2D eigenvalue weighted by molar-refractivity contribution is -0.182. The number of carbonyl (C=O) groups is 3. The Labute approximate surface area is 103 Å². The summed E-state index contributed by atoms with van der Waals surface area (Å²) in [6, 6.07) is 8.25. The van der Waals surface area contributed by atoms with E-state index in [4.69, 9.17) is 5.26 Å². The standard InChI is InChI=1S/C7H6O3.C6H4O2/c8-7(10-9)6-4-2-1-3-5-6;7-5-1-2-6(8)4-3-5/h1-5,9H;1-4H. The molecular weight excluding hydrogens is 236 g/mol. The first-order valence-electron chi connectivity index (χ1n) is 4.98. The molecule has 0 radical (unpaired) electrons. The van der Waals surface area contributed by atoms with Crippen LogP contribution >= 0.6 is 0 Å². The van der Waals surface area contributed by atoms with Crippen LogP contribution in [0.5, 0.6) is 0 Å². The second-order valence-electron chi connectivity index (χ2n) is 3.22. The van der Waals surface area contributed by atoms with Crippen LogP contribution in [0.1, 0.15) is 10.4 Å². The molecule has 5 heteroatoms. The summed E-state index contributed by atoms with van der Waals surface area (Å²) in [6.45, 7) is 0. The molecule has 0 fully saturated rings. The second-order valence-corrected chi connectivity index (χ2v) is 3.22. The maximum atomic E-state index is 10.5. The fourth-order valence-corrected chi connectivity index (χ4v) is 1.07.